The van der Waals surface area contributed by atoms with Gasteiger partial charge in [0.15, 0.2) is 5.69 Å². The lowest BCUT2D eigenvalue weighted by atomic mass is 10.0. The molecule has 0 aliphatic carbocycles. The van der Waals surface area contributed by atoms with Gasteiger partial charge in [-0.2, -0.15) is 5.10 Å². The van der Waals surface area contributed by atoms with E-state index in [0.29, 0.717) is 17.3 Å². The van der Waals surface area contributed by atoms with E-state index >= 15 is 0 Å². The average Bonchev–Trinajstić information content (AvgIpc) is 2.59. The summed E-state index contributed by atoms with van der Waals surface area (Å²) in [7, 11) is 0. The first-order valence-corrected chi connectivity index (χ1v) is 6.74. The molecule has 1 aromatic rings. The minimum Gasteiger partial charge on any atom is -0.396 e. The molecule has 1 fully saturated rings. The van der Waals surface area contributed by atoms with Crippen LogP contribution < -0.4 is 5.73 Å². The van der Waals surface area contributed by atoms with Crippen LogP contribution in [0.1, 0.15) is 43.6 Å². The van der Waals surface area contributed by atoms with Crippen LogP contribution in [0.25, 0.3) is 0 Å². The lowest BCUT2D eigenvalue weighted by Crippen LogP contribution is -2.32. The molecule has 0 aromatic carbocycles. The van der Waals surface area contributed by atoms with Gasteiger partial charge in [-0.15, -0.1) is 0 Å². The molecule has 1 aromatic heterocycles. The zero-order valence-corrected chi connectivity index (χ0v) is 11.2. The molecule has 1 saturated heterocycles. The van der Waals surface area contributed by atoms with E-state index in [1.165, 1.54) is 6.42 Å². The summed E-state index contributed by atoms with van der Waals surface area (Å²) in [6.45, 7) is 6.59. The van der Waals surface area contributed by atoms with Gasteiger partial charge in [-0.3, -0.25) is 9.48 Å². The Morgan fingerprint density at radius 2 is 2.28 bits per heavy atom. The molecule has 5 heteroatoms. The highest BCUT2D eigenvalue weighted by Crippen LogP contribution is 2.19. The van der Waals surface area contributed by atoms with Gasteiger partial charge >= 0.3 is 0 Å². The number of aromatic nitrogens is 2. The lowest BCUT2D eigenvalue weighted by molar-refractivity contribution is 0.0754. The number of carbonyl (C=O) groups is 1. The highest BCUT2D eigenvalue weighted by atomic mass is 16.2. The second-order valence-corrected chi connectivity index (χ2v) is 5.12. The van der Waals surface area contributed by atoms with Gasteiger partial charge in [0.25, 0.3) is 5.91 Å². The Kier molecular flexibility index (Phi) is 3.89. The zero-order valence-electron chi connectivity index (χ0n) is 11.2. The van der Waals surface area contributed by atoms with Crippen LogP contribution in [0.5, 0.6) is 0 Å². The van der Waals surface area contributed by atoms with Crippen LogP contribution >= 0.6 is 0 Å². The molecule has 2 N–H and O–H groups in total. The van der Waals surface area contributed by atoms with Gasteiger partial charge in [0.05, 0.1) is 5.69 Å². The number of hydrogen-bond donors (Lipinski definition) is 1. The standard InChI is InChI=1S/C13H22N4O/c1-3-17-9-11(14)12(15-17)13(18)16-7-4-5-10(2)6-8-16/h9-10H,3-8,14H2,1-2H3. The molecular formula is C13H22N4O. The summed E-state index contributed by atoms with van der Waals surface area (Å²) < 4.78 is 1.71. The van der Waals surface area contributed by atoms with Gasteiger partial charge in [0, 0.05) is 25.8 Å². The molecule has 1 aliphatic rings. The molecule has 0 bridgehead atoms. The maximum atomic E-state index is 12.4. The van der Waals surface area contributed by atoms with Gasteiger partial charge in [-0.05, 0) is 32.1 Å². The van der Waals surface area contributed by atoms with Gasteiger partial charge in [0.1, 0.15) is 0 Å². The third-order valence-electron chi connectivity index (χ3n) is 3.62. The molecule has 100 valence electrons. The number of nitrogens with zero attached hydrogens (tertiary/aromatic N) is 3. The molecule has 1 amide bonds. The second kappa shape index (κ2) is 5.42. The summed E-state index contributed by atoms with van der Waals surface area (Å²) in [5.74, 6) is 0.683. The largest absolute Gasteiger partial charge is 0.396 e. The Morgan fingerprint density at radius 3 is 2.94 bits per heavy atom. The molecule has 1 aliphatic heterocycles. The number of anilines is 1. The van der Waals surface area contributed by atoms with Crippen molar-refractivity contribution < 1.29 is 4.79 Å². The molecule has 2 rings (SSSR count). The molecule has 2 heterocycles. The van der Waals surface area contributed by atoms with Crippen LogP contribution in [-0.4, -0.2) is 33.7 Å². The first-order chi connectivity index (χ1) is 8.61. The van der Waals surface area contributed by atoms with E-state index in [-0.39, 0.29) is 5.91 Å². The first kappa shape index (κ1) is 12.9. The van der Waals surface area contributed by atoms with Crippen molar-refractivity contribution in [2.24, 2.45) is 5.92 Å². The highest BCUT2D eigenvalue weighted by molar-refractivity contribution is 5.97. The number of rotatable bonds is 2. The van der Waals surface area contributed by atoms with Crippen LogP contribution in [0.4, 0.5) is 5.69 Å². The Morgan fingerprint density at radius 1 is 1.50 bits per heavy atom. The number of carbonyl (C=O) groups excluding carboxylic acids is 1. The number of nitrogen functional groups attached to an aromatic ring is 1. The lowest BCUT2D eigenvalue weighted by Gasteiger charge is -2.19. The van der Waals surface area contributed by atoms with E-state index in [9.17, 15) is 4.79 Å². The SMILES string of the molecule is CCn1cc(N)c(C(=O)N2CCCC(C)CC2)n1. The van der Waals surface area contributed by atoms with Crippen molar-refractivity contribution in [3.63, 3.8) is 0 Å². The van der Waals surface area contributed by atoms with Crippen molar-refractivity contribution in [3.8, 4) is 0 Å². The quantitative estimate of drug-likeness (QED) is 0.869. The van der Waals surface area contributed by atoms with Crippen molar-refractivity contribution in [1.29, 1.82) is 0 Å². The van der Waals surface area contributed by atoms with Crippen LogP contribution in [0, 0.1) is 5.92 Å². The van der Waals surface area contributed by atoms with Gasteiger partial charge in [0.2, 0.25) is 0 Å². The second-order valence-electron chi connectivity index (χ2n) is 5.12. The van der Waals surface area contributed by atoms with Crippen LogP contribution in [-0.2, 0) is 6.54 Å². The fraction of sp³-hybridized carbons (Fsp3) is 0.692. The van der Waals surface area contributed by atoms with E-state index in [2.05, 4.69) is 12.0 Å². The Bertz CT molecular complexity index is 427. The summed E-state index contributed by atoms with van der Waals surface area (Å²) in [6, 6.07) is 0. The molecular weight excluding hydrogens is 228 g/mol. The predicted octanol–water partition coefficient (Wildman–Crippen LogP) is 1.75. The fourth-order valence-corrected chi connectivity index (χ4v) is 2.38. The van der Waals surface area contributed by atoms with Gasteiger partial charge in [-0.1, -0.05) is 6.92 Å². The van der Waals surface area contributed by atoms with Crippen molar-refractivity contribution in [3.05, 3.63) is 11.9 Å². The third kappa shape index (κ3) is 2.66. The van der Waals surface area contributed by atoms with Crippen LogP contribution in [0.15, 0.2) is 6.20 Å². The van der Waals surface area contributed by atoms with Crippen molar-refractivity contribution in [2.45, 2.75) is 39.7 Å². The highest BCUT2D eigenvalue weighted by Gasteiger charge is 2.23. The molecule has 0 saturated carbocycles. The molecule has 5 nitrogen and oxygen atoms in total. The van der Waals surface area contributed by atoms with Crippen molar-refractivity contribution in [2.75, 3.05) is 18.8 Å². The molecule has 18 heavy (non-hydrogen) atoms. The number of hydrogen-bond acceptors (Lipinski definition) is 3. The average molecular weight is 250 g/mol. The number of amides is 1. The summed E-state index contributed by atoms with van der Waals surface area (Å²) in [4.78, 5) is 14.3. The summed E-state index contributed by atoms with van der Waals surface area (Å²) >= 11 is 0. The van der Waals surface area contributed by atoms with Crippen molar-refractivity contribution in [1.82, 2.24) is 14.7 Å². The fourth-order valence-electron chi connectivity index (χ4n) is 2.38. The third-order valence-corrected chi connectivity index (χ3v) is 3.62. The molecule has 0 radical (unpaired) electrons. The van der Waals surface area contributed by atoms with E-state index < -0.39 is 0 Å². The van der Waals surface area contributed by atoms with E-state index in [1.807, 2.05) is 11.8 Å². The van der Waals surface area contributed by atoms with Gasteiger partial charge in [-0.25, -0.2) is 0 Å². The summed E-state index contributed by atoms with van der Waals surface area (Å²) in [5.41, 5.74) is 6.75. The van der Waals surface area contributed by atoms with Crippen molar-refractivity contribution >= 4 is 11.6 Å². The number of aryl methyl sites for hydroxylation is 1. The molecule has 1 atom stereocenters. The minimum atomic E-state index is -0.0196. The maximum Gasteiger partial charge on any atom is 0.276 e. The monoisotopic (exact) mass is 250 g/mol. The Hall–Kier alpha value is -1.52. The molecule has 1 unspecified atom stereocenters. The summed E-state index contributed by atoms with van der Waals surface area (Å²) in [5, 5.41) is 4.25. The minimum absolute atomic E-state index is 0.0196. The number of nitrogens with two attached hydrogens (primary N) is 1. The number of likely N-dealkylation sites (tertiary alicyclic amines) is 1. The summed E-state index contributed by atoms with van der Waals surface area (Å²) in [6.07, 6.45) is 5.07. The maximum absolute atomic E-state index is 12.4. The Labute approximate surface area is 108 Å². The first-order valence-electron chi connectivity index (χ1n) is 6.74. The normalized spacial score (nSPS) is 20.8. The van der Waals surface area contributed by atoms with Gasteiger partial charge < -0.3 is 10.6 Å². The van der Waals surface area contributed by atoms with E-state index in [1.54, 1.807) is 10.9 Å². The Balaban J connectivity index is 2.12. The smallest absolute Gasteiger partial charge is 0.276 e. The van der Waals surface area contributed by atoms with Crippen LogP contribution in [0.2, 0.25) is 0 Å². The topological polar surface area (TPSA) is 64.2 Å². The van der Waals surface area contributed by atoms with E-state index in [4.69, 9.17) is 5.73 Å². The van der Waals surface area contributed by atoms with E-state index in [0.717, 1.165) is 32.5 Å². The molecule has 0 spiro atoms. The zero-order chi connectivity index (χ0) is 13.1. The predicted molar refractivity (Wildman–Crippen MR) is 71.2 cm³/mol. The van der Waals surface area contributed by atoms with Crippen LogP contribution in [0.3, 0.4) is 0 Å².